The van der Waals surface area contributed by atoms with Gasteiger partial charge in [0.15, 0.2) is 0 Å². The van der Waals surface area contributed by atoms with Crippen LogP contribution in [0.4, 0.5) is 5.69 Å². The summed E-state index contributed by atoms with van der Waals surface area (Å²) in [7, 11) is -3.38. The molecule has 1 aromatic carbocycles. The molecule has 3 heterocycles. The van der Waals surface area contributed by atoms with Crippen molar-refractivity contribution in [3.8, 4) is 0 Å². The first-order valence-electron chi connectivity index (χ1n) is 9.01. The summed E-state index contributed by atoms with van der Waals surface area (Å²) in [5.74, 6) is 0.321. The van der Waals surface area contributed by atoms with Crippen LogP contribution in [0.2, 0.25) is 0 Å². The molecule has 0 N–H and O–H groups in total. The second-order valence-electron chi connectivity index (χ2n) is 6.96. The van der Waals surface area contributed by atoms with Gasteiger partial charge in [0.25, 0.3) is 15.9 Å². The Hall–Kier alpha value is -2.61. The van der Waals surface area contributed by atoms with E-state index in [-0.39, 0.29) is 11.7 Å². The van der Waals surface area contributed by atoms with Crippen molar-refractivity contribution < 1.29 is 13.2 Å². The summed E-state index contributed by atoms with van der Waals surface area (Å²) in [6.45, 7) is 5.31. The van der Waals surface area contributed by atoms with Gasteiger partial charge >= 0.3 is 0 Å². The molecule has 0 radical (unpaired) electrons. The number of nitrogens with zero attached hydrogens (tertiary/aromatic N) is 4. The zero-order valence-electron chi connectivity index (χ0n) is 15.2. The van der Waals surface area contributed by atoms with Crippen molar-refractivity contribution in [1.82, 2.24) is 9.80 Å². The molecule has 0 atom stereocenters. The van der Waals surface area contributed by atoms with E-state index in [0.717, 1.165) is 13.1 Å². The Kier molecular flexibility index (Phi) is 4.51. The maximum atomic E-state index is 12.9. The molecule has 1 saturated heterocycles. The molecule has 1 fully saturated rings. The summed E-state index contributed by atoms with van der Waals surface area (Å²) in [5, 5.41) is 0. The van der Waals surface area contributed by atoms with Gasteiger partial charge in [0.05, 0.1) is 11.3 Å². The highest BCUT2D eigenvalue weighted by molar-refractivity contribution is 7.90. The molecule has 0 aliphatic carbocycles. The van der Waals surface area contributed by atoms with Gasteiger partial charge in [-0.2, -0.15) is 0 Å². The van der Waals surface area contributed by atoms with Gasteiger partial charge in [-0.05, 0) is 36.8 Å². The fourth-order valence-corrected chi connectivity index (χ4v) is 4.47. The van der Waals surface area contributed by atoms with Crippen LogP contribution >= 0.6 is 0 Å². The molecule has 8 heteroatoms. The van der Waals surface area contributed by atoms with Crippen LogP contribution in [0.1, 0.15) is 5.56 Å². The molecule has 3 aliphatic rings. The molecule has 0 bridgehead atoms. The summed E-state index contributed by atoms with van der Waals surface area (Å²) in [6.07, 6.45) is 4.97. The van der Waals surface area contributed by atoms with Gasteiger partial charge in [0.1, 0.15) is 5.84 Å². The topological polar surface area (TPSA) is 73.3 Å². The summed E-state index contributed by atoms with van der Waals surface area (Å²) >= 11 is 0. The van der Waals surface area contributed by atoms with Crippen molar-refractivity contribution in [1.29, 1.82) is 0 Å². The smallest absolute Gasteiger partial charge is 0.256 e. The Morgan fingerprint density at radius 2 is 1.85 bits per heavy atom. The minimum Gasteiger partial charge on any atom is -0.368 e. The van der Waals surface area contributed by atoms with Crippen LogP contribution in [-0.4, -0.2) is 68.4 Å². The van der Waals surface area contributed by atoms with E-state index in [1.54, 1.807) is 23.3 Å². The van der Waals surface area contributed by atoms with Crippen LogP contribution < -0.4 is 4.90 Å². The lowest BCUT2D eigenvalue weighted by atomic mass is 10.1. The van der Waals surface area contributed by atoms with E-state index in [1.165, 1.54) is 11.3 Å². The largest absolute Gasteiger partial charge is 0.368 e. The summed E-state index contributed by atoms with van der Waals surface area (Å²) in [4.78, 5) is 18.7. The van der Waals surface area contributed by atoms with E-state index in [2.05, 4.69) is 40.5 Å². The molecule has 142 valence electrons. The summed E-state index contributed by atoms with van der Waals surface area (Å²) < 4.78 is 26.9. The predicted octanol–water partition coefficient (Wildman–Crippen LogP) is 1.14. The number of hydrogen-bond donors (Lipinski definition) is 0. The maximum absolute atomic E-state index is 12.9. The molecule has 3 aliphatic heterocycles. The highest BCUT2D eigenvalue weighted by atomic mass is 32.2. The third-order valence-corrected chi connectivity index (χ3v) is 6.17. The number of hydrogen-bond acceptors (Lipinski definition) is 5. The van der Waals surface area contributed by atoms with E-state index in [4.69, 9.17) is 0 Å². The minimum atomic E-state index is -3.38. The van der Waals surface area contributed by atoms with E-state index in [0.29, 0.717) is 31.0 Å². The highest BCUT2D eigenvalue weighted by Crippen LogP contribution is 2.21. The Morgan fingerprint density at radius 3 is 2.59 bits per heavy atom. The Bertz CT molecular complexity index is 957. The van der Waals surface area contributed by atoms with Gasteiger partial charge in [-0.1, -0.05) is 12.1 Å². The van der Waals surface area contributed by atoms with Crippen LogP contribution in [0, 0.1) is 6.92 Å². The van der Waals surface area contributed by atoms with Crippen molar-refractivity contribution >= 4 is 27.5 Å². The summed E-state index contributed by atoms with van der Waals surface area (Å²) in [5.41, 5.74) is 2.98. The van der Waals surface area contributed by atoms with Crippen molar-refractivity contribution in [2.75, 3.05) is 43.4 Å². The predicted molar refractivity (Wildman–Crippen MR) is 105 cm³/mol. The van der Waals surface area contributed by atoms with Crippen LogP contribution in [0.15, 0.2) is 52.6 Å². The van der Waals surface area contributed by atoms with E-state index in [9.17, 15) is 13.2 Å². The van der Waals surface area contributed by atoms with Crippen molar-refractivity contribution in [3.05, 3.63) is 53.8 Å². The monoisotopic (exact) mass is 386 g/mol. The number of aryl methyl sites for hydroxylation is 1. The van der Waals surface area contributed by atoms with Crippen LogP contribution in [0.3, 0.4) is 0 Å². The number of amidine groups is 1. The van der Waals surface area contributed by atoms with Gasteiger partial charge < -0.3 is 14.7 Å². The van der Waals surface area contributed by atoms with Crippen molar-refractivity contribution in [2.45, 2.75) is 6.92 Å². The Morgan fingerprint density at radius 1 is 1.07 bits per heavy atom. The number of piperazine rings is 1. The van der Waals surface area contributed by atoms with Crippen LogP contribution in [-0.2, 0) is 14.8 Å². The number of benzene rings is 1. The zero-order valence-corrected chi connectivity index (χ0v) is 16.0. The van der Waals surface area contributed by atoms with Crippen LogP contribution in [0.25, 0.3) is 0 Å². The lowest BCUT2D eigenvalue weighted by Crippen LogP contribution is -2.49. The van der Waals surface area contributed by atoms with E-state index in [1.807, 2.05) is 4.90 Å². The normalized spacial score (nSPS) is 21.4. The maximum Gasteiger partial charge on any atom is 0.256 e. The quantitative estimate of drug-likeness (QED) is 0.762. The second kappa shape index (κ2) is 6.84. The average molecular weight is 386 g/mol. The highest BCUT2D eigenvalue weighted by Gasteiger charge is 2.28. The first-order chi connectivity index (χ1) is 12.9. The van der Waals surface area contributed by atoms with Gasteiger partial charge in [0, 0.05) is 44.6 Å². The first-order valence-corrected chi connectivity index (χ1v) is 10.6. The lowest BCUT2D eigenvalue weighted by molar-refractivity contribution is -0.127. The third kappa shape index (κ3) is 3.75. The molecule has 27 heavy (non-hydrogen) atoms. The Balaban J connectivity index is 1.42. The van der Waals surface area contributed by atoms with E-state index < -0.39 is 10.0 Å². The number of sulfonamides is 1. The molecular formula is C19H22N4O3S. The SMILES string of the molecule is Cc1cccc(N2CCN(C(=O)C3=CN4CCS(=O)(=O)N=C4C=C3)CC2)c1. The minimum absolute atomic E-state index is 0.0253. The molecule has 0 spiro atoms. The second-order valence-corrected chi connectivity index (χ2v) is 8.72. The van der Waals surface area contributed by atoms with Gasteiger partial charge in [0.2, 0.25) is 0 Å². The molecule has 7 nitrogen and oxygen atoms in total. The zero-order chi connectivity index (χ0) is 19.0. The number of fused-ring (bicyclic) bond motifs is 1. The number of anilines is 1. The van der Waals surface area contributed by atoms with Crippen molar-refractivity contribution in [2.24, 2.45) is 4.40 Å². The molecule has 0 aromatic heterocycles. The average Bonchev–Trinajstić information content (AvgIpc) is 2.66. The molecule has 1 aromatic rings. The van der Waals surface area contributed by atoms with Gasteiger partial charge in [-0.3, -0.25) is 4.79 Å². The molecule has 1 amide bonds. The summed E-state index contributed by atoms with van der Waals surface area (Å²) in [6, 6.07) is 8.39. The third-order valence-electron chi connectivity index (χ3n) is 5.00. The molecule has 0 unspecified atom stereocenters. The fraction of sp³-hybridized carbons (Fsp3) is 0.368. The van der Waals surface area contributed by atoms with Gasteiger partial charge in [-0.25, -0.2) is 8.42 Å². The Labute approximate surface area is 159 Å². The first kappa shape index (κ1) is 17.8. The van der Waals surface area contributed by atoms with Crippen molar-refractivity contribution in [3.63, 3.8) is 0 Å². The standard InChI is InChI=1S/C19H22N4O3S/c1-15-3-2-4-17(13-15)21-7-9-22(10-8-21)19(24)16-5-6-18-20-27(25,26)12-11-23(18)14-16/h2-6,13-14H,7-12H2,1H3. The number of amides is 1. The fourth-order valence-electron chi connectivity index (χ4n) is 3.50. The van der Waals surface area contributed by atoms with Gasteiger partial charge in [-0.15, -0.1) is 4.40 Å². The molecule has 0 saturated carbocycles. The van der Waals surface area contributed by atoms with Crippen LogP contribution in [0.5, 0.6) is 0 Å². The number of carbonyl (C=O) groups is 1. The lowest BCUT2D eigenvalue weighted by Gasteiger charge is -2.37. The number of carbonyl (C=O) groups excluding carboxylic acids is 1. The molecule has 4 rings (SSSR count). The molecular weight excluding hydrogens is 364 g/mol. The van der Waals surface area contributed by atoms with E-state index >= 15 is 0 Å². The number of rotatable bonds is 2.